The highest BCUT2D eigenvalue weighted by Crippen LogP contribution is 2.22. The average Bonchev–Trinajstić information content (AvgIpc) is 2.49. The summed E-state index contributed by atoms with van der Waals surface area (Å²) in [7, 11) is 0. The lowest BCUT2D eigenvalue weighted by molar-refractivity contribution is -0.139. The molecule has 0 aliphatic carbocycles. The third kappa shape index (κ3) is 4.71. The van der Waals surface area contributed by atoms with E-state index >= 15 is 0 Å². The van der Waals surface area contributed by atoms with Crippen LogP contribution >= 0.6 is 0 Å². The van der Waals surface area contributed by atoms with Crippen molar-refractivity contribution in [3.63, 3.8) is 0 Å². The van der Waals surface area contributed by atoms with E-state index in [0.717, 1.165) is 17.4 Å². The fourth-order valence-electron chi connectivity index (χ4n) is 2.08. The Morgan fingerprint density at radius 1 is 1.22 bits per heavy atom. The van der Waals surface area contributed by atoms with Crippen LogP contribution in [0.2, 0.25) is 0 Å². The molecular weight excluding hydrogens is 296 g/mol. The van der Waals surface area contributed by atoms with Gasteiger partial charge in [-0.05, 0) is 44.4 Å². The van der Waals surface area contributed by atoms with Crippen LogP contribution in [0.15, 0.2) is 45.6 Å². The highest BCUT2D eigenvalue weighted by Gasteiger charge is 2.05. The van der Waals surface area contributed by atoms with Gasteiger partial charge in [0, 0.05) is 23.1 Å². The van der Waals surface area contributed by atoms with Crippen molar-refractivity contribution in [1.82, 2.24) is 0 Å². The standard InChI is InChI=1S/C18H20O5/c1-12(2)18(20)22-9-5-4-8-21-14-6-7-15-13(3)10-17(19)23-16(15)11-14/h6-7,10-11H,1,4-5,8-9H2,2-3H3. The summed E-state index contributed by atoms with van der Waals surface area (Å²) >= 11 is 0. The fraction of sp³-hybridized carbons (Fsp3) is 0.333. The molecule has 0 unspecified atom stereocenters. The molecule has 0 saturated carbocycles. The molecule has 0 fully saturated rings. The first-order valence-electron chi connectivity index (χ1n) is 7.47. The minimum absolute atomic E-state index is 0.348. The van der Waals surface area contributed by atoms with Crippen molar-refractivity contribution in [3.05, 3.63) is 52.4 Å². The average molecular weight is 316 g/mol. The maximum atomic E-state index is 11.4. The number of rotatable bonds is 7. The van der Waals surface area contributed by atoms with E-state index in [1.807, 2.05) is 19.1 Å². The van der Waals surface area contributed by atoms with Gasteiger partial charge in [0.25, 0.3) is 0 Å². The van der Waals surface area contributed by atoms with E-state index in [-0.39, 0.29) is 11.6 Å². The van der Waals surface area contributed by atoms with Crippen LogP contribution in [0.25, 0.3) is 11.0 Å². The molecule has 0 saturated heterocycles. The van der Waals surface area contributed by atoms with Crippen LogP contribution in [-0.2, 0) is 9.53 Å². The molecule has 1 aromatic heterocycles. The van der Waals surface area contributed by atoms with Gasteiger partial charge < -0.3 is 13.9 Å². The molecular formula is C18H20O5. The van der Waals surface area contributed by atoms with Crippen LogP contribution < -0.4 is 10.4 Å². The number of ether oxygens (including phenoxy) is 2. The van der Waals surface area contributed by atoms with Crippen molar-refractivity contribution in [2.24, 2.45) is 0 Å². The Morgan fingerprint density at radius 3 is 2.70 bits per heavy atom. The SMILES string of the molecule is C=C(C)C(=O)OCCCCOc1ccc2c(C)cc(=O)oc2c1. The highest BCUT2D eigenvalue weighted by molar-refractivity contribution is 5.86. The molecule has 0 N–H and O–H groups in total. The predicted molar refractivity (Wildman–Crippen MR) is 87.7 cm³/mol. The zero-order chi connectivity index (χ0) is 16.8. The molecule has 0 amide bonds. The minimum Gasteiger partial charge on any atom is -0.493 e. The van der Waals surface area contributed by atoms with Gasteiger partial charge in [-0.15, -0.1) is 0 Å². The Morgan fingerprint density at radius 2 is 1.96 bits per heavy atom. The number of unbranched alkanes of at least 4 members (excludes halogenated alkanes) is 1. The Kier molecular flexibility index (Phi) is 5.57. The van der Waals surface area contributed by atoms with Crippen LogP contribution in [0.3, 0.4) is 0 Å². The van der Waals surface area contributed by atoms with Crippen molar-refractivity contribution in [3.8, 4) is 5.75 Å². The van der Waals surface area contributed by atoms with Gasteiger partial charge >= 0.3 is 11.6 Å². The monoisotopic (exact) mass is 316 g/mol. The normalized spacial score (nSPS) is 10.5. The second kappa shape index (κ2) is 7.63. The van der Waals surface area contributed by atoms with Crippen LogP contribution in [0, 0.1) is 6.92 Å². The fourth-order valence-corrected chi connectivity index (χ4v) is 2.08. The molecule has 0 bridgehead atoms. The van der Waals surface area contributed by atoms with E-state index in [9.17, 15) is 9.59 Å². The maximum Gasteiger partial charge on any atom is 0.336 e. The number of carbonyl (C=O) groups is 1. The van der Waals surface area contributed by atoms with Gasteiger partial charge in [0.15, 0.2) is 0 Å². The summed E-state index contributed by atoms with van der Waals surface area (Å²) in [6.07, 6.45) is 1.46. The molecule has 0 radical (unpaired) electrons. The lowest BCUT2D eigenvalue weighted by Crippen LogP contribution is -2.07. The summed E-state index contributed by atoms with van der Waals surface area (Å²) < 4.78 is 15.8. The number of esters is 1. The lowest BCUT2D eigenvalue weighted by atomic mass is 10.1. The van der Waals surface area contributed by atoms with E-state index in [2.05, 4.69) is 6.58 Å². The Labute approximate surface area is 134 Å². The summed E-state index contributed by atoms with van der Waals surface area (Å²) in [5.41, 5.74) is 1.42. The van der Waals surface area contributed by atoms with Gasteiger partial charge in [-0.3, -0.25) is 0 Å². The quantitative estimate of drug-likeness (QED) is 0.339. The Bertz CT molecular complexity index is 773. The summed E-state index contributed by atoms with van der Waals surface area (Å²) in [5, 5.41) is 0.892. The number of hydrogen-bond acceptors (Lipinski definition) is 5. The second-order valence-electron chi connectivity index (χ2n) is 5.38. The summed E-state index contributed by atoms with van der Waals surface area (Å²) in [6, 6.07) is 6.90. The van der Waals surface area contributed by atoms with E-state index in [1.54, 1.807) is 13.0 Å². The van der Waals surface area contributed by atoms with Crippen molar-refractivity contribution >= 4 is 16.9 Å². The summed E-state index contributed by atoms with van der Waals surface area (Å²) in [4.78, 5) is 22.6. The predicted octanol–water partition coefficient (Wildman–Crippen LogP) is 3.38. The largest absolute Gasteiger partial charge is 0.493 e. The maximum absolute atomic E-state index is 11.4. The van der Waals surface area contributed by atoms with Crippen LogP contribution in [-0.4, -0.2) is 19.2 Å². The zero-order valence-electron chi connectivity index (χ0n) is 13.4. The number of benzene rings is 1. The van der Waals surface area contributed by atoms with E-state index in [1.165, 1.54) is 6.07 Å². The van der Waals surface area contributed by atoms with Crippen LogP contribution in [0.1, 0.15) is 25.3 Å². The third-order valence-corrected chi connectivity index (χ3v) is 3.31. The first-order chi connectivity index (χ1) is 11.0. The van der Waals surface area contributed by atoms with Gasteiger partial charge in [0.05, 0.1) is 13.2 Å². The molecule has 5 nitrogen and oxygen atoms in total. The number of fused-ring (bicyclic) bond motifs is 1. The Hall–Kier alpha value is -2.56. The molecule has 5 heteroatoms. The smallest absolute Gasteiger partial charge is 0.336 e. The topological polar surface area (TPSA) is 65.7 Å². The molecule has 1 aromatic carbocycles. The Balaban J connectivity index is 1.82. The first-order valence-corrected chi connectivity index (χ1v) is 7.47. The summed E-state index contributed by atoms with van der Waals surface area (Å²) in [5.74, 6) is 0.274. The van der Waals surface area contributed by atoms with Crippen LogP contribution in [0.4, 0.5) is 0 Å². The molecule has 2 aromatic rings. The van der Waals surface area contributed by atoms with Crippen molar-refractivity contribution in [1.29, 1.82) is 0 Å². The van der Waals surface area contributed by atoms with E-state index in [4.69, 9.17) is 13.9 Å². The second-order valence-corrected chi connectivity index (χ2v) is 5.38. The molecule has 23 heavy (non-hydrogen) atoms. The van der Waals surface area contributed by atoms with Gasteiger partial charge in [-0.1, -0.05) is 6.58 Å². The molecule has 0 aliphatic heterocycles. The van der Waals surface area contributed by atoms with Gasteiger partial charge in [-0.25, -0.2) is 9.59 Å². The zero-order valence-corrected chi connectivity index (χ0v) is 13.4. The van der Waals surface area contributed by atoms with E-state index in [0.29, 0.717) is 36.5 Å². The number of hydrogen-bond donors (Lipinski definition) is 0. The summed E-state index contributed by atoms with van der Waals surface area (Å²) in [6.45, 7) is 7.84. The highest BCUT2D eigenvalue weighted by atomic mass is 16.5. The molecule has 1 heterocycles. The van der Waals surface area contributed by atoms with Crippen molar-refractivity contribution in [2.75, 3.05) is 13.2 Å². The third-order valence-electron chi connectivity index (χ3n) is 3.31. The van der Waals surface area contributed by atoms with E-state index < -0.39 is 0 Å². The van der Waals surface area contributed by atoms with Gasteiger partial charge in [0.1, 0.15) is 11.3 Å². The van der Waals surface area contributed by atoms with Gasteiger partial charge in [-0.2, -0.15) is 0 Å². The van der Waals surface area contributed by atoms with Gasteiger partial charge in [0.2, 0.25) is 0 Å². The molecule has 0 atom stereocenters. The molecule has 122 valence electrons. The number of aryl methyl sites for hydroxylation is 1. The number of carbonyl (C=O) groups excluding carboxylic acids is 1. The van der Waals surface area contributed by atoms with Crippen LogP contribution in [0.5, 0.6) is 5.75 Å². The minimum atomic E-state index is -0.370. The van der Waals surface area contributed by atoms with Crippen molar-refractivity contribution in [2.45, 2.75) is 26.7 Å². The lowest BCUT2D eigenvalue weighted by Gasteiger charge is -2.08. The first kappa shape index (κ1) is 16.8. The molecule has 0 aliphatic rings. The molecule has 2 rings (SSSR count). The van der Waals surface area contributed by atoms with Crippen molar-refractivity contribution < 1.29 is 18.7 Å². The molecule has 0 spiro atoms.